The number of carbonyl (C=O) groups is 2. The Morgan fingerprint density at radius 3 is 2.66 bits per heavy atom. The predicted molar refractivity (Wildman–Crippen MR) is 173 cm³/mol. The van der Waals surface area contributed by atoms with Crippen LogP contribution in [0.15, 0.2) is 36.4 Å². The van der Waals surface area contributed by atoms with E-state index in [4.69, 9.17) is 16.3 Å². The Labute approximate surface area is 253 Å². The molecule has 7 heteroatoms. The van der Waals surface area contributed by atoms with Gasteiger partial charge < -0.3 is 19.2 Å². The van der Waals surface area contributed by atoms with Crippen molar-refractivity contribution in [2.45, 2.75) is 65.2 Å². The molecule has 0 saturated heterocycles. The van der Waals surface area contributed by atoms with Gasteiger partial charge in [-0.05, 0) is 97.2 Å². The molecule has 1 saturated carbocycles. The smallest absolute Gasteiger partial charge is 0.260 e. The Balaban J connectivity index is 1.51. The van der Waals surface area contributed by atoms with Gasteiger partial charge in [0, 0.05) is 41.3 Å². The van der Waals surface area contributed by atoms with Gasteiger partial charge in [-0.25, -0.2) is 0 Å². The molecule has 0 aromatic heterocycles. The lowest BCUT2D eigenvalue weighted by atomic mass is 9.65. The highest BCUT2D eigenvalue weighted by atomic mass is 35.5. The number of benzene rings is 2. The fourth-order valence-electron chi connectivity index (χ4n) is 6.96. The van der Waals surface area contributed by atoms with Crippen molar-refractivity contribution in [3.05, 3.63) is 58.1 Å². The molecule has 2 bridgehead atoms. The second-order valence-corrected chi connectivity index (χ2v) is 14.6. The third-order valence-electron chi connectivity index (χ3n) is 9.79. The summed E-state index contributed by atoms with van der Waals surface area (Å²) in [7, 11) is -0.483. The number of aldehydes is 1. The van der Waals surface area contributed by atoms with Crippen molar-refractivity contribution in [2.75, 3.05) is 30.3 Å². The maximum absolute atomic E-state index is 13.4. The van der Waals surface area contributed by atoms with Crippen LogP contribution in [0.4, 0.5) is 5.69 Å². The van der Waals surface area contributed by atoms with Crippen molar-refractivity contribution in [1.82, 2.24) is 4.72 Å². The van der Waals surface area contributed by atoms with Crippen LogP contribution in [-0.2, 0) is 11.2 Å². The number of ether oxygens (including phenoxy) is 1. The summed E-state index contributed by atoms with van der Waals surface area (Å²) in [5.41, 5.74) is 4.17. The molecule has 2 aromatic carbocycles. The van der Waals surface area contributed by atoms with Crippen LogP contribution >= 0.6 is 22.3 Å². The average Bonchev–Trinajstić information content (AvgIpc) is 3.11. The molecule has 2 aromatic rings. The molecular weight excluding hydrogens is 552 g/mol. The Hall–Kier alpha value is -2.31. The minimum Gasteiger partial charge on any atom is -0.491 e. The summed E-state index contributed by atoms with van der Waals surface area (Å²) in [5, 5.41) is 0.765. The minimum absolute atomic E-state index is 0.0794. The monoisotopic (exact) mass is 596 g/mol. The summed E-state index contributed by atoms with van der Waals surface area (Å²) in [5.74, 6) is 7.88. The van der Waals surface area contributed by atoms with Crippen LogP contribution in [0.5, 0.6) is 5.75 Å². The standard InChI is InChI=1S/C34H45ClN2O3S/c1-5-6-24-15-29(35)11-13-30(24)28-18-37-17-26-9-12-31(26)27(19-38)8-7-22(2)23(3)21-41(4)36-34(39)25-10-14-33(40-20-28)32(37)16-25/h10-11,13-16,19,22-23,26-28,31H,4-9,12,17-18,20-21H2,1-3H3,(H,36,39)/t22-,23?,26?,27?,28?,31?,41?/m0/s1. The molecule has 1 aliphatic carbocycles. The first-order valence-electron chi connectivity index (χ1n) is 15.3. The number of fused-ring (bicyclic) bond motifs is 2. The average molecular weight is 597 g/mol. The minimum atomic E-state index is -0.483. The van der Waals surface area contributed by atoms with Crippen LogP contribution in [-0.4, -0.2) is 43.5 Å². The molecule has 5 rings (SSSR count). The zero-order valence-corrected chi connectivity index (χ0v) is 26.3. The quantitative estimate of drug-likeness (QED) is 0.293. The van der Waals surface area contributed by atoms with Crippen LogP contribution in [0.1, 0.15) is 80.3 Å². The van der Waals surface area contributed by atoms with Crippen molar-refractivity contribution in [1.29, 1.82) is 0 Å². The second-order valence-electron chi connectivity index (χ2n) is 12.6. The van der Waals surface area contributed by atoms with E-state index in [-0.39, 0.29) is 17.7 Å². The van der Waals surface area contributed by atoms with E-state index in [2.05, 4.69) is 48.4 Å². The highest BCUT2D eigenvalue weighted by Gasteiger charge is 2.39. The van der Waals surface area contributed by atoms with Crippen LogP contribution in [0.3, 0.4) is 0 Å². The summed E-state index contributed by atoms with van der Waals surface area (Å²) in [6.07, 6.45) is 7.45. The molecule has 41 heavy (non-hydrogen) atoms. The largest absolute Gasteiger partial charge is 0.491 e. The number of rotatable bonds is 4. The molecule has 6 unspecified atom stereocenters. The fraction of sp³-hybridized carbons (Fsp3) is 0.559. The van der Waals surface area contributed by atoms with Gasteiger partial charge >= 0.3 is 0 Å². The molecule has 3 aliphatic rings. The second kappa shape index (κ2) is 13.3. The van der Waals surface area contributed by atoms with E-state index in [0.717, 1.165) is 73.8 Å². The molecule has 1 amide bonds. The zero-order chi connectivity index (χ0) is 29.1. The van der Waals surface area contributed by atoms with Crippen LogP contribution in [0.25, 0.3) is 0 Å². The first-order valence-corrected chi connectivity index (χ1v) is 17.3. The Kier molecular flexibility index (Phi) is 9.81. The molecule has 1 N–H and O–H groups in total. The lowest BCUT2D eigenvalue weighted by Crippen LogP contribution is -2.43. The van der Waals surface area contributed by atoms with Crippen LogP contribution in [0, 0.1) is 29.6 Å². The number of nitrogens with zero attached hydrogens (tertiary/aromatic N) is 1. The van der Waals surface area contributed by atoms with Gasteiger partial charge in [0.25, 0.3) is 5.91 Å². The Morgan fingerprint density at radius 1 is 1.10 bits per heavy atom. The van der Waals surface area contributed by atoms with Crippen LogP contribution < -0.4 is 14.4 Å². The molecular formula is C34H45ClN2O3S. The van der Waals surface area contributed by atoms with Gasteiger partial charge in [-0.15, -0.1) is 10.7 Å². The molecule has 0 spiro atoms. The molecule has 1 fully saturated rings. The van der Waals surface area contributed by atoms with Gasteiger partial charge in [-0.3, -0.25) is 4.79 Å². The lowest BCUT2D eigenvalue weighted by molar-refractivity contribution is -0.115. The predicted octanol–water partition coefficient (Wildman–Crippen LogP) is 7.53. The van der Waals surface area contributed by atoms with Crippen molar-refractivity contribution < 1.29 is 14.3 Å². The highest BCUT2D eigenvalue weighted by Crippen LogP contribution is 2.45. The van der Waals surface area contributed by atoms with Crippen molar-refractivity contribution in [2.24, 2.45) is 29.6 Å². The van der Waals surface area contributed by atoms with Gasteiger partial charge in [0.2, 0.25) is 0 Å². The number of anilines is 1. The van der Waals surface area contributed by atoms with E-state index in [1.165, 1.54) is 17.4 Å². The number of halogens is 1. The van der Waals surface area contributed by atoms with Gasteiger partial charge in [0.1, 0.15) is 12.0 Å². The number of hydrogen-bond acceptors (Lipinski definition) is 4. The third-order valence-corrected chi connectivity index (χ3v) is 11.4. The highest BCUT2D eigenvalue weighted by molar-refractivity contribution is 8.12. The summed E-state index contributed by atoms with van der Waals surface area (Å²) in [6, 6.07) is 12.1. The summed E-state index contributed by atoms with van der Waals surface area (Å²) < 4.78 is 9.64. The number of carbonyl (C=O) groups excluding carboxylic acids is 2. The van der Waals surface area contributed by atoms with Gasteiger partial charge in [0.05, 0.1) is 12.3 Å². The molecule has 2 heterocycles. The normalized spacial score (nSPS) is 30.7. The van der Waals surface area contributed by atoms with Gasteiger partial charge in [-0.2, -0.15) is 0 Å². The van der Waals surface area contributed by atoms with Gasteiger partial charge in [-0.1, -0.05) is 50.7 Å². The van der Waals surface area contributed by atoms with Crippen molar-refractivity contribution in [3.8, 4) is 5.75 Å². The number of nitrogens with one attached hydrogen (secondary N) is 1. The Morgan fingerprint density at radius 2 is 1.93 bits per heavy atom. The maximum Gasteiger partial charge on any atom is 0.260 e. The first kappa shape index (κ1) is 30.2. The lowest BCUT2D eigenvalue weighted by Gasteiger charge is -2.44. The Bertz CT molecular complexity index is 1280. The maximum atomic E-state index is 13.4. The van der Waals surface area contributed by atoms with E-state index in [1.807, 2.05) is 24.3 Å². The van der Waals surface area contributed by atoms with Gasteiger partial charge in [0.15, 0.2) is 0 Å². The van der Waals surface area contributed by atoms with Crippen LogP contribution in [0.2, 0.25) is 5.02 Å². The summed E-state index contributed by atoms with van der Waals surface area (Å²) in [4.78, 5) is 28.1. The van der Waals surface area contributed by atoms with E-state index >= 15 is 0 Å². The SMILES string of the molecule is C=S1CC(C)[C@@H](C)CCC(C=O)C2CCC2CN2CC(c3ccc(Cl)cc3CCC)COc3ccc(cc32)C(=O)N1. The number of amides is 1. The van der Waals surface area contributed by atoms with E-state index in [0.29, 0.717) is 35.8 Å². The van der Waals surface area contributed by atoms with E-state index in [1.54, 1.807) is 0 Å². The fourth-order valence-corrected chi connectivity index (χ4v) is 8.58. The molecule has 5 nitrogen and oxygen atoms in total. The summed E-state index contributed by atoms with van der Waals surface area (Å²) >= 11 is 6.41. The first-order chi connectivity index (χ1) is 19.8. The molecule has 7 atom stereocenters. The number of hydrogen-bond donors (Lipinski definition) is 1. The zero-order valence-electron chi connectivity index (χ0n) is 24.7. The molecule has 2 aliphatic heterocycles. The summed E-state index contributed by atoms with van der Waals surface area (Å²) in [6.45, 7) is 8.93. The number of aryl methyl sites for hydroxylation is 1. The molecule has 0 radical (unpaired) electrons. The topological polar surface area (TPSA) is 58.6 Å². The van der Waals surface area contributed by atoms with E-state index in [9.17, 15) is 9.59 Å². The third kappa shape index (κ3) is 6.85. The van der Waals surface area contributed by atoms with E-state index < -0.39 is 10.7 Å². The van der Waals surface area contributed by atoms with Crippen molar-refractivity contribution >= 4 is 46.0 Å². The van der Waals surface area contributed by atoms with Crippen molar-refractivity contribution in [3.63, 3.8) is 0 Å². The molecule has 222 valence electrons.